The van der Waals surface area contributed by atoms with Gasteiger partial charge >= 0.3 is 0 Å². The summed E-state index contributed by atoms with van der Waals surface area (Å²) in [5.74, 6) is 0.404. The van der Waals surface area contributed by atoms with Crippen molar-refractivity contribution < 1.29 is 9.53 Å². The molecular formula is C17H22N4O2. The maximum absolute atomic E-state index is 12.5. The Bertz CT molecular complexity index is 683. The van der Waals surface area contributed by atoms with Crippen LogP contribution in [-0.4, -0.2) is 41.2 Å². The van der Waals surface area contributed by atoms with Gasteiger partial charge in [-0.25, -0.2) is 0 Å². The topological polar surface area (TPSA) is 84.2 Å². The molecule has 3 rings (SSSR count). The number of nitrogen functional groups attached to an aromatic ring is 1. The minimum absolute atomic E-state index is 0.153. The largest absolute Gasteiger partial charge is 0.396 e. The molecule has 1 aliphatic heterocycles. The van der Waals surface area contributed by atoms with Crippen LogP contribution in [0.2, 0.25) is 0 Å². The van der Waals surface area contributed by atoms with Gasteiger partial charge in [-0.1, -0.05) is 24.3 Å². The maximum Gasteiger partial charge on any atom is 0.227 e. The second-order valence-electron chi connectivity index (χ2n) is 5.99. The highest BCUT2D eigenvalue weighted by molar-refractivity contribution is 5.79. The smallest absolute Gasteiger partial charge is 0.227 e. The summed E-state index contributed by atoms with van der Waals surface area (Å²) in [5.41, 5.74) is 9.63. The third-order valence-corrected chi connectivity index (χ3v) is 4.31. The Hall–Kier alpha value is -2.34. The van der Waals surface area contributed by atoms with Crippen LogP contribution in [0.15, 0.2) is 30.5 Å². The summed E-state index contributed by atoms with van der Waals surface area (Å²) >= 11 is 0. The van der Waals surface area contributed by atoms with Gasteiger partial charge in [-0.15, -0.1) is 0 Å². The number of nitrogens with one attached hydrogen (secondary N) is 1. The van der Waals surface area contributed by atoms with Crippen LogP contribution < -0.4 is 5.73 Å². The third-order valence-electron chi connectivity index (χ3n) is 4.31. The zero-order valence-electron chi connectivity index (χ0n) is 13.3. The zero-order chi connectivity index (χ0) is 16.2. The number of nitrogens with zero attached hydrogens (tertiary/aromatic N) is 2. The van der Waals surface area contributed by atoms with Gasteiger partial charge in [-0.05, 0) is 17.5 Å². The molecule has 3 N–H and O–H groups in total. The maximum atomic E-state index is 12.5. The lowest BCUT2D eigenvalue weighted by Gasteiger charge is -2.17. The van der Waals surface area contributed by atoms with Crippen LogP contribution in [0.3, 0.4) is 0 Å². The highest BCUT2D eigenvalue weighted by atomic mass is 16.5. The van der Waals surface area contributed by atoms with Gasteiger partial charge in [0.15, 0.2) is 0 Å². The Balaban J connectivity index is 1.61. The lowest BCUT2D eigenvalue weighted by atomic mass is 10.0. The van der Waals surface area contributed by atoms with Crippen molar-refractivity contribution >= 4 is 11.6 Å². The molecule has 0 aliphatic carbocycles. The molecule has 6 heteroatoms. The molecule has 1 aromatic carbocycles. The summed E-state index contributed by atoms with van der Waals surface area (Å²) in [6.07, 6.45) is 2.96. The highest BCUT2D eigenvalue weighted by Gasteiger charge is 2.29. The number of likely N-dealkylation sites (tertiary alicyclic amines) is 1. The number of carbonyl (C=O) groups excluding carboxylic acids is 1. The number of H-pyrrole nitrogens is 1. The molecule has 23 heavy (non-hydrogen) atoms. The van der Waals surface area contributed by atoms with Gasteiger partial charge < -0.3 is 15.4 Å². The van der Waals surface area contributed by atoms with Crippen LogP contribution in [-0.2, 0) is 22.6 Å². The Morgan fingerprint density at radius 3 is 3.04 bits per heavy atom. The molecule has 0 bridgehead atoms. The summed E-state index contributed by atoms with van der Waals surface area (Å²) in [7, 11) is 1.67. The molecule has 1 fully saturated rings. The standard InChI is InChI=1S/C17H22N4O2/c1-23-11-13-4-2-3-12(7-13)8-16(22)21-6-5-14(10-21)17-15(18)9-19-20-17/h2-4,7,9,14H,5-6,8,10-11,18H2,1H3,(H,19,20). The van der Waals surface area contributed by atoms with E-state index in [1.54, 1.807) is 13.3 Å². The zero-order valence-corrected chi connectivity index (χ0v) is 13.3. The fourth-order valence-electron chi connectivity index (χ4n) is 3.14. The van der Waals surface area contributed by atoms with E-state index < -0.39 is 0 Å². The SMILES string of the molecule is COCc1cccc(CC(=O)N2CCC(c3[nH]ncc3N)C2)c1. The number of amides is 1. The quantitative estimate of drug-likeness (QED) is 0.879. The second kappa shape index (κ2) is 6.83. The lowest BCUT2D eigenvalue weighted by Crippen LogP contribution is -2.30. The van der Waals surface area contributed by atoms with Crippen molar-refractivity contribution in [2.24, 2.45) is 0 Å². The van der Waals surface area contributed by atoms with E-state index in [0.717, 1.165) is 29.8 Å². The van der Waals surface area contributed by atoms with E-state index >= 15 is 0 Å². The number of benzene rings is 1. The summed E-state index contributed by atoms with van der Waals surface area (Å²) in [6, 6.07) is 7.98. The number of carbonyl (C=O) groups is 1. The van der Waals surface area contributed by atoms with Crippen molar-refractivity contribution in [3.8, 4) is 0 Å². The van der Waals surface area contributed by atoms with Crippen LogP contribution in [0.5, 0.6) is 0 Å². The van der Waals surface area contributed by atoms with Crippen LogP contribution >= 0.6 is 0 Å². The number of methoxy groups -OCH3 is 1. The average molecular weight is 314 g/mol. The number of aromatic amines is 1. The van der Waals surface area contributed by atoms with Gasteiger partial charge in [-0.2, -0.15) is 5.10 Å². The van der Waals surface area contributed by atoms with Crippen LogP contribution in [0.25, 0.3) is 0 Å². The van der Waals surface area contributed by atoms with Gasteiger partial charge in [0.1, 0.15) is 0 Å². The Kier molecular flexibility index (Phi) is 4.62. The van der Waals surface area contributed by atoms with Crippen LogP contribution in [0.4, 0.5) is 5.69 Å². The fraction of sp³-hybridized carbons (Fsp3) is 0.412. The molecule has 1 amide bonds. The fourth-order valence-corrected chi connectivity index (χ4v) is 3.14. The Morgan fingerprint density at radius 2 is 2.30 bits per heavy atom. The number of anilines is 1. The first kappa shape index (κ1) is 15.6. The molecule has 1 unspecified atom stereocenters. The van der Waals surface area contributed by atoms with E-state index in [1.165, 1.54) is 0 Å². The number of ether oxygens (including phenoxy) is 1. The Morgan fingerprint density at radius 1 is 1.48 bits per heavy atom. The van der Waals surface area contributed by atoms with Gasteiger partial charge in [0.25, 0.3) is 0 Å². The molecule has 1 atom stereocenters. The van der Waals surface area contributed by atoms with Gasteiger partial charge in [0.2, 0.25) is 5.91 Å². The van der Waals surface area contributed by atoms with E-state index in [-0.39, 0.29) is 11.8 Å². The molecule has 0 spiro atoms. The van der Waals surface area contributed by atoms with Crippen molar-refractivity contribution in [1.82, 2.24) is 15.1 Å². The van der Waals surface area contributed by atoms with E-state index in [1.807, 2.05) is 29.2 Å². The minimum atomic E-state index is 0.153. The third kappa shape index (κ3) is 3.53. The highest BCUT2D eigenvalue weighted by Crippen LogP contribution is 2.29. The first-order valence-corrected chi connectivity index (χ1v) is 7.80. The number of rotatable bonds is 5. The van der Waals surface area contributed by atoms with Crippen LogP contribution in [0.1, 0.15) is 29.2 Å². The van der Waals surface area contributed by atoms with Gasteiger partial charge in [0, 0.05) is 26.1 Å². The normalized spacial score (nSPS) is 17.6. The molecule has 6 nitrogen and oxygen atoms in total. The first-order chi connectivity index (χ1) is 11.2. The molecule has 0 saturated carbocycles. The number of nitrogens with two attached hydrogens (primary N) is 1. The molecule has 0 radical (unpaired) electrons. The molecule has 122 valence electrons. The molecule has 1 aliphatic rings. The minimum Gasteiger partial charge on any atom is -0.396 e. The van der Waals surface area contributed by atoms with Crippen LogP contribution in [0, 0.1) is 0 Å². The van der Waals surface area contributed by atoms with E-state index in [0.29, 0.717) is 25.3 Å². The second-order valence-corrected chi connectivity index (χ2v) is 5.99. The number of hydrogen-bond acceptors (Lipinski definition) is 4. The average Bonchev–Trinajstić information content (AvgIpc) is 3.16. The van der Waals surface area contributed by atoms with Crippen molar-refractivity contribution in [2.75, 3.05) is 25.9 Å². The van der Waals surface area contributed by atoms with E-state index in [9.17, 15) is 4.79 Å². The summed E-state index contributed by atoms with van der Waals surface area (Å²) in [6.45, 7) is 2.02. The summed E-state index contributed by atoms with van der Waals surface area (Å²) in [5, 5.41) is 6.92. The predicted octanol–water partition coefficient (Wildman–Crippen LogP) is 1.70. The number of hydrogen-bond donors (Lipinski definition) is 2. The van der Waals surface area contributed by atoms with Gasteiger partial charge in [0.05, 0.1) is 30.6 Å². The molecule has 1 saturated heterocycles. The molecule has 2 heterocycles. The molecule has 2 aromatic rings. The van der Waals surface area contributed by atoms with Crippen molar-refractivity contribution in [2.45, 2.75) is 25.4 Å². The Labute approximate surface area is 135 Å². The van der Waals surface area contributed by atoms with Crippen molar-refractivity contribution in [3.05, 3.63) is 47.3 Å². The van der Waals surface area contributed by atoms with Crippen molar-refractivity contribution in [3.63, 3.8) is 0 Å². The van der Waals surface area contributed by atoms with E-state index in [4.69, 9.17) is 10.5 Å². The molecule has 1 aromatic heterocycles. The van der Waals surface area contributed by atoms with Gasteiger partial charge in [-0.3, -0.25) is 9.89 Å². The van der Waals surface area contributed by atoms with Crippen molar-refractivity contribution in [1.29, 1.82) is 0 Å². The first-order valence-electron chi connectivity index (χ1n) is 7.80. The summed E-state index contributed by atoms with van der Waals surface area (Å²) in [4.78, 5) is 14.4. The monoisotopic (exact) mass is 314 g/mol. The van der Waals surface area contributed by atoms with E-state index in [2.05, 4.69) is 10.2 Å². The number of aromatic nitrogens is 2. The summed E-state index contributed by atoms with van der Waals surface area (Å²) < 4.78 is 5.14. The lowest BCUT2D eigenvalue weighted by molar-refractivity contribution is -0.129. The molecular weight excluding hydrogens is 292 g/mol. The predicted molar refractivity (Wildman–Crippen MR) is 87.8 cm³/mol.